The van der Waals surface area contributed by atoms with Gasteiger partial charge in [0.2, 0.25) is 0 Å². The summed E-state index contributed by atoms with van der Waals surface area (Å²) in [6.07, 6.45) is 10.9. The molecule has 1 unspecified atom stereocenters. The standard InChI is InChI=1S/C16H33NO/c1-4-12-17-16(7-6-13-18-3)15-10-8-14(5-2)9-11-15/h14-17H,4-13H2,1-3H3. The zero-order chi connectivity index (χ0) is 13.2. The summed E-state index contributed by atoms with van der Waals surface area (Å²) in [5, 5.41) is 3.78. The Labute approximate surface area is 114 Å². The van der Waals surface area contributed by atoms with Crippen LogP contribution in [0.1, 0.15) is 65.2 Å². The molecule has 2 heteroatoms. The Morgan fingerprint density at radius 2 is 1.89 bits per heavy atom. The topological polar surface area (TPSA) is 21.3 Å². The third-order valence-corrected chi connectivity index (χ3v) is 4.56. The summed E-state index contributed by atoms with van der Waals surface area (Å²) in [4.78, 5) is 0. The van der Waals surface area contributed by atoms with Gasteiger partial charge in [-0.15, -0.1) is 0 Å². The predicted molar refractivity (Wildman–Crippen MR) is 78.9 cm³/mol. The van der Waals surface area contributed by atoms with E-state index in [-0.39, 0.29) is 0 Å². The highest BCUT2D eigenvalue weighted by Gasteiger charge is 2.26. The van der Waals surface area contributed by atoms with Crippen LogP contribution in [0.25, 0.3) is 0 Å². The summed E-state index contributed by atoms with van der Waals surface area (Å²) in [5.74, 6) is 1.92. The highest BCUT2D eigenvalue weighted by molar-refractivity contribution is 4.81. The van der Waals surface area contributed by atoms with Crippen molar-refractivity contribution in [1.82, 2.24) is 5.32 Å². The molecule has 1 aliphatic rings. The van der Waals surface area contributed by atoms with E-state index in [0.717, 1.165) is 24.5 Å². The van der Waals surface area contributed by atoms with Gasteiger partial charge in [0.25, 0.3) is 0 Å². The van der Waals surface area contributed by atoms with E-state index in [1.165, 1.54) is 57.9 Å². The van der Waals surface area contributed by atoms with Crippen molar-refractivity contribution in [3.8, 4) is 0 Å². The first-order chi connectivity index (χ1) is 8.81. The minimum atomic E-state index is 0.734. The van der Waals surface area contributed by atoms with Gasteiger partial charge in [-0.3, -0.25) is 0 Å². The molecule has 1 saturated carbocycles. The second kappa shape index (κ2) is 9.80. The van der Waals surface area contributed by atoms with E-state index < -0.39 is 0 Å². The fourth-order valence-electron chi connectivity index (χ4n) is 3.28. The van der Waals surface area contributed by atoms with E-state index in [9.17, 15) is 0 Å². The van der Waals surface area contributed by atoms with Gasteiger partial charge in [-0.2, -0.15) is 0 Å². The van der Waals surface area contributed by atoms with Gasteiger partial charge in [0.1, 0.15) is 0 Å². The smallest absolute Gasteiger partial charge is 0.0462 e. The van der Waals surface area contributed by atoms with Crippen LogP contribution in [-0.2, 0) is 4.74 Å². The second-order valence-corrected chi connectivity index (χ2v) is 5.88. The quantitative estimate of drug-likeness (QED) is 0.629. The van der Waals surface area contributed by atoms with Crippen molar-refractivity contribution in [2.45, 2.75) is 71.3 Å². The summed E-state index contributed by atoms with van der Waals surface area (Å²) >= 11 is 0. The lowest BCUT2D eigenvalue weighted by Crippen LogP contribution is -2.38. The highest BCUT2D eigenvalue weighted by atomic mass is 16.5. The molecule has 1 rings (SSSR count). The summed E-state index contributed by atoms with van der Waals surface area (Å²) in [6.45, 7) is 6.68. The van der Waals surface area contributed by atoms with E-state index in [4.69, 9.17) is 4.74 Å². The first kappa shape index (κ1) is 16.0. The molecule has 0 radical (unpaired) electrons. The van der Waals surface area contributed by atoms with Crippen LogP contribution in [0.2, 0.25) is 0 Å². The van der Waals surface area contributed by atoms with Gasteiger partial charge in [0.15, 0.2) is 0 Å². The van der Waals surface area contributed by atoms with Crippen molar-refractivity contribution < 1.29 is 4.74 Å². The Morgan fingerprint density at radius 3 is 2.44 bits per heavy atom. The Kier molecular flexibility index (Phi) is 8.70. The molecule has 0 saturated heterocycles. The largest absolute Gasteiger partial charge is 0.385 e. The second-order valence-electron chi connectivity index (χ2n) is 5.88. The van der Waals surface area contributed by atoms with Gasteiger partial charge in [-0.1, -0.05) is 33.1 Å². The van der Waals surface area contributed by atoms with Crippen LogP contribution in [0.5, 0.6) is 0 Å². The molecule has 0 bridgehead atoms. The number of ether oxygens (including phenoxy) is 1. The molecule has 0 aromatic heterocycles. The summed E-state index contributed by atoms with van der Waals surface area (Å²) in [6, 6.07) is 0.734. The molecule has 108 valence electrons. The Morgan fingerprint density at radius 1 is 1.17 bits per heavy atom. The molecule has 0 heterocycles. The van der Waals surface area contributed by atoms with Gasteiger partial charge < -0.3 is 10.1 Å². The molecule has 0 aliphatic heterocycles. The monoisotopic (exact) mass is 255 g/mol. The fourth-order valence-corrected chi connectivity index (χ4v) is 3.28. The van der Waals surface area contributed by atoms with Crippen LogP contribution in [-0.4, -0.2) is 26.3 Å². The summed E-state index contributed by atoms with van der Waals surface area (Å²) in [5.41, 5.74) is 0. The lowest BCUT2D eigenvalue weighted by Gasteiger charge is -2.34. The van der Waals surface area contributed by atoms with Crippen molar-refractivity contribution in [2.24, 2.45) is 11.8 Å². The third kappa shape index (κ3) is 5.71. The molecule has 1 aliphatic carbocycles. The average Bonchev–Trinajstić information content (AvgIpc) is 2.43. The first-order valence-corrected chi connectivity index (χ1v) is 8.04. The molecule has 0 amide bonds. The Balaban J connectivity index is 2.33. The van der Waals surface area contributed by atoms with Gasteiger partial charge in [-0.25, -0.2) is 0 Å². The zero-order valence-corrected chi connectivity index (χ0v) is 12.7. The van der Waals surface area contributed by atoms with Crippen LogP contribution in [0.15, 0.2) is 0 Å². The average molecular weight is 255 g/mol. The molecular weight excluding hydrogens is 222 g/mol. The molecule has 1 atom stereocenters. The van der Waals surface area contributed by atoms with E-state index in [1.807, 2.05) is 0 Å². The normalized spacial score (nSPS) is 26.2. The van der Waals surface area contributed by atoms with Crippen molar-refractivity contribution >= 4 is 0 Å². The maximum absolute atomic E-state index is 5.19. The number of hydrogen-bond acceptors (Lipinski definition) is 2. The lowest BCUT2D eigenvalue weighted by atomic mass is 9.76. The molecule has 0 aromatic carbocycles. The first-order valence-electron chi connectivity index (χ1n) is 8.04. The third-order valence-electron chi connectivity index (χ3n) is 4.56. The number of hydrogen-bond donors (Lipinski definition) is 1. The van der Waals surface area contributed by atoms with E-state index in [0.29, 0.717) is 0 Å². The van der Waals surface area contributed by atoms with E-state index >= 15 is 0 Å². The molecule has 1 fully saturated rings. The highest BCUT2D eigenvalue weighted by Crippen LogP contribution is 2.33. The molecule has 2 nitrogen and oxygen atoms in total. The van der Waals surface area contributed by atoms with Crippen molar-refractivity contribution in [2.75, 3.05) is 20.3 Å². The van der Waals surface area contributed by atoms with Crippen molar-refractivity contribution in [3.05, 3.63) is 0 Å². The fraction of sp³-hybridized carbons (Fsp3) is 1.00. The van der Waals surface area contributed by atoms with Gasteiger partial charge in [0, 0.05) is 19.8 Å². The molecule has 0 spiro atoms. The van der Waals surface area contributed by atoms with E-state index in [1.54, 1.807) is 7.11 Å². The van der Waals surface area contributed by atoms with Gasteiger partial charge in [-0.05, 0) is 50.5 Å². The van der Waals surface area contributed by atoms with E-state index in [2.05, 4.69) is 19.2 Å². The predicted octanol–water partition coefficient (Wildman–Crippen LogP) is 4.00. The van der Waals surface area contributed by atoms with Crippen molar-refractivity contribution in [1.29, 1.82) is 0 Å². The minimum Gasteiger partial charge on any atom is -0.385 e. The molecule has 0 aromatic rings. The number of nitrogens with one attached hydrogen (secondary N) is 1. The summed E-state index contributed by atoms with van der Waals surface area (Å²) < 4.78 is 5.19. The summed E-state index contributed by atoms with van der Waals surface area (Å²) in [7, 11) is 1.81. The molecular formula is C16H33NO. The lowest BCUT2D eigenvalue weighted by molar-refractivity contribution is 0.169. The van der Waals surface area contributed by atoms with Crippen LogP contribution >= 0.6 is 0 Å². The zero-order valence-electron chi connectivity index (χ0n) is 12.7. The van der Waals surface area contributed by atoms with Crippen LogP contribution in [0.3, 0.4) is 0 Å². The Bertz CT molecular complexity index is 188. The number of rotatable bonds is 9. The van der Waals surface area contributed by atoms with Gasteiger partial charge in [0.05, 0.1) is 0 Å². The van der Waals surface area contributed by atoms with Crippen LogP contribution in [0, 0.1) is 11.8 Å². The van der Waals surface area contributed by atoms with Crippen molar-refractivity contribution in [3.63, 3.8) is 0 Å². The van der Waals surface area contributed by atoms with Crippen LogP contribution in [0.4, 0.5) is 0 Å². The Hall–Kier alpha value is -0.0800. The maximum atomic E-state index is 5.19. The maximum Gasteiger partial charge on any atom is 0.0462 e. The number of methoxy groups -OCH3 is 1. The van der Waals surface area contributed by atoms with Crippen LogP contribution < -0.4 is 5.32 Å². The molecule has 18 heavy (non-hydrogen) atoms. The van der Waals surface area contributed by atoms with Gasteiger partial charge >= 0.3 is 0 Å². The molecule has 1 N–H and O–H groups in total. The minimum absolute atomic E-state index is 0.734. The SMILES string of the molecule is CCCNC(CCCOC)C1CCC(CC)CC1.